The highest BCUT2D eigenvalue weighted by Crippen LogP contribution is 2.38. The smallest absolute Gasteiger partial charge is 0.307 e. The molecule has 1 aromatic carbocycles. The number of thioether (sulfide) groups is 1. The zero-order chi connectivity index (χ0) is 18.6. The van der Waals surface area contributed by atoms with Crippen molar-refractivity contribution in [2.24, 2.45) is 0 Å². The number of nitrogens with one attached hydrogen (secondary N) is 2. The summed E-state index contributed by atoms with van der Waals surface area (Å²) in [4.78, 5) is 36.7. The van der Waals surface area contributed by atoms with Crippen molar-refractivity contribution in [2.75, 3.05) is 11.9 Å². The molecule has 0 radical (unpaired) electrons. The molecule has 0 bridgehead atoms. The number of halogens is 1. The van der Waals surface area contributed by atoms with E-state index in [-0.39, 0.29) is 30.4 Å². The van der Waals surface area contributed by atoms with Crippen molar-refractivity contribution >= 4 is 46.8 Å². The van der Waals surface area contributed by atoms with Crippen molar-refractivity contribution in [3.05, 3.63) is 23.2 Å². The maximum Gasteiger partial charge on any atom is 0.307 e. The van der Waals surface area contributed by atoms with E-state index in [9.17, 15) is 14.4 Å². The Morgan fingerprint density at radius 3 is 2.80 bits per heavy atom. The molecule has 0 spiro atoms. The standard InChI is InChI=1S/C17H21ClN2O4S/c1-4-17(2,3)20-14(21)9-24-15(22)8-13-16(23)19-11-7-10(18)5-6-12(11)25-13/h5-7,13H,4,8-9H2,1-3H3,(H,19,23)(H,20,21). The number of amides is 2. The zero-order valence-electron chi connectivity index (χ0n) is 14.3. The van der Waals surface area contributed by atoms with E-state index in [4.69, 9.17) is 16.3 Å². The highest BCUT2D eigenvalue weighted by molar-refractivity contribution is 8.01. The molecule has 1 aromatic rings. The average Bonchev–Trinajstić information content (AvgIpc) is 2.53. The van der Waals surface area contributed by atoms with Crippen LogP contribution in [0.15, 0.2) is 23.1 Å². The Labute approximate surface area is 156 Å². The number of anilines is 1. The number of ether oxygens (including phenoxy) is 1. The Morgan fingerprint density at radius 1 is 1.40 bits per heavy atom. The van der Waals surface area contributed by atoms with E-state index in [0.29, 0.717) is 10.7 Å². The van der Waals surface area contributed by atoms with Crippen LogP contribution in [0.25, 0.3) is 0 Å². The summed E-state index contributed by atoms with van der Waals surface area (Å²) < 4.78 is 4.99. The molecule has 1 aliphatic heterocycles. The van der Waals surface area contributed by atoms with Crippen LogP contribution >= 0.6 is 23.4 Å². The van der Waals surface area contributed by atoms with Gasteiger partial charge in [0.05, 0.1) is 17.4 Å². The van der Waals surface area contributed by atoms with Crippen LogP contribution in [-0.2, 0) is 19.1 Å². The fourth-order valence-corrected chi connectivity index (χ4v) is 3.36. The minimum absolute atomic E-state index is 0.108. The lowest BCUT2D eigenvalue weighted by atomic mass is 10.0. The zero-order valence-corrected chi connectivity index (χ0v) is 15.9. The van der Waals surface area contributed by atoms with Crippen LogP contribution in [0.5, 0.6) is 0 Å². The molecule has 0 fully saturated rings. The molecule has 1 heterocycles. The van der Waals surface area contributed by atoms with Crippen LogP contribution in [0.1, 0.15) is 33.6 Å². The Kier molecular flexibility index (Phi) is 6.35. The summed E-state index contributed by atoms with van der Waals surface area (Å²) in [5, 5.41) is 5.43. The van der Waals surface area contributed by atoms with Crippen LogP contribution < -0.4 is 10.6 Å². The second kappa shape index (κ2) is 8.10. The van der Waals surface area contributed by atoms with Gasteiger partial charge in [0.15, 0.2) is 6.61 Å². The minimum Gasteiger partial charge on any atom is -0.456 e. The Bertz CT molecular complexity index is 693. The molecule has 6 nitrogen and oxygen atoms in total. The van der Waals surface area contributed by atoms with Crippen LogP contribution in [-0.4, -0.2) is 35.2 Å². The predicted molar refractivity (Wildman–Crippen MR) is 97.8 cm³/mol. The summed E-state index contributed by atoms with van der Waals surface area (Å²) in [6, 6.07) is 5.18. The fourth-order valence-electron chi connectivity index (χ4n) is 2.12. The number of hydrogen-bond acceptors (Lipinski definition) is 5. The first kappa shape index (κ1) is 19.6. The molecule has 136 valence electrons. The number of hydrogen-bond donors (Lipinski definition) is 2. The molecule has 8 heteroatoms. The molecule has 2 rings (SSSR count). The summed E-state index contributed by atoms with van der Waals surface area (Å²) in [7, 11) is 0. The number of carbonyl (C=O) groups excluding carboxylic acids is 3. The van der Waals surface area contributed by atoms with Crippen LogP contribution in [0, 0.1) is 0 Å². The third kappa shape index (κ3) is 5.64. The molecule has 0 aliphatic carbocycles. The molecule has 1 aliphatic rings. The van der Waals surface area contributed by atoms with E-state index >= 15 is 0 Å². The van der Waals surface area contributed by atoms with Crippen molar-refractivity contribution in [1.82, 2.24) is 5.32 Å². The van der Waals surface area contributed by atoms with Crippen molar-refractivity contribution in [2.45, 2.75) is 49.3 Å². The lowest BCUT2D eigenvalue weighted by Crippen LogP contribution is -2.44. The first-order valence-electron chi connectivity index (χ1n) is 7.94. The maximum atomic E-state index is 12.1. The minimum atomic E-state index is -0.601. The van der Waals surface area contributed by atoms with Gasteiger partial charge in [-0.1, -0.05) is 18.5 Å². The SMILES string of the molecule is CCC(C)(C)NC(=O)COC(=O)CC1Sc2ccc(Cl)cc2NC1=O. The van der Waals surface area contributed by atoms with Crippen molar-refractivity contribution in [3.8, 4) is 0 Å². The van der Waals surface area contributed by atoms with Gasteiger partial charge in [0.1, 0.15) is 0 Å². The number of fused-ring (bicyclic) bond motifs is 1. The summed E-state index contributed by atoms with van der Waals surface area (Å²) in [5.41, 5.74) is 0.279. The lowest BCUT2D eigenvalue weighted by molar-refractivity contribution is -0.149. The van der Waals surface area contributed by atoms with E-state index in [0.717, 1.165) is 11.3 Å². The molecule has 1 atom stereocenters. The van der Waals surface area contributed by atoms with Gasteiger partial charge < -0.3 is 15.4 Å². The van der Waals surface area contributed by atoms with Crippen LogP contribution in [0.2, 0.25) is 5.02 Å². The van der Waals surface area contributed by atoms with Gasteiger partial charge >= 0.3 is 5.97 Å². The van der Waals surface area contributed by atoms with Crippen LogP contribution in [0.4, 0.5) is 5.69 Å². The summed E-state index contributed by atoms with van der Waals surface area (Å²) in [6.45, 7) is 5.38. The first-order valence-corrected chi connectivity index (χ1v) is 9.19. The quantitative estimate of drug-likeness (QED) is 0.736. The molecule has 25 heavy (non-hydrogen) atoms. The van der Waals surface area contributed by atoms with Gasteiger partial charge in [0, 0.05) is 15.5 Å². The monoisotopic (exact) mass is 384 g/mol. The third-order valence-electron chi connectivity index (χ3n) is 3.84. The van der Waals surface area contributed by atoms with Gasteiger partial charge in [-0.25, -0.2) is 0 Å². The van der Waals surface area contributed by atoms with Crippen molar-refractivity contribution < 1.29 is 19.1 Å². The summed E-state index contributed by atoms with van der Waals surface area (Å²) >= 11 is 7.18. The van der Waals surface area contributed by atoms with E-state index in [2.05, 4.69) is 10.6 Å². The molecular weight excluding hydrogens is 364 g/mol. The van der Waals surface area contributed by atoms with Gasteiger partial charge in [-0.2, -0.15) is 0 Å². The topological polar surface area (TPSA) is 84.5 Å². The summed E-state index contributed by atoms with van der Waals surface area (Å²) in [5.74, 6) is -1.23. The van der Waals surface area contributed by atoms with Gasteiger partial charge in [-0.05, 0) is 38.5 Å². The molecule has 1 unspecified atom stereocenters. The highest BCUT2D eigenvalue weighted by atomic mass is 35.5. The first-order chi connectivity index (χ1) is 11.7. The second-order valence-corrected chi connectivity index (χ2v) is 8.07. The molecule has 0 saturated carbocycles. The number of benzene rings is 1. The van der Waals surface area contributed by atoms with Crippen molar-refractivity contribution in [3.63, 3.8) is 0 Å². The fraction of sp³-hybridized carbons (Fsp3) is 0.471. The number of carbonyl (C=O) groups is 3. The largest absolute Gasteiger partial charge is 0.456 e. The average molecular weight is 385 g/mol. The van der Waals surface area contributed by atoms with E-state index in [1.807, 2.05) is 20.8 Å². The molecule has 0 saturated heterocycles. The van der Waals surface area contributed by atoms with Gasteiger partial charge in [0.2, 0.25) is 5.91 Å². The van der Waals surface area contributed by atoms with Gasteiger partial charge in [-0.15, -0.1) is 11.8 Å². The van der Waals surface area contributed by atoms with E-state index in [1.54, 1.807) is 18.2 Å². The molecular formula is C17H21ClN2O4S. The normalized spacial score (nSPS) is 16.6. The van der Waals surface area contributed by atoms with E-state index in [1.165, 1.54) is 11.8 Å². The Hall–Kier alpha value is -1.73. The second-order valence-electron chi connectivity index (χ2n) is 6.39. The maximum absolute atomic E-state index is 12.1. The van der Waals surface area contributed by atoms with E-state index < -0.39 is 11.2 Å². The van der Waals surface area contributed by atoms with Gasteiger partial charge in [-0.3, -0.25) is 14.4 Å². The number of esters is 1. The number of rotatable bonds is 6. The van der Waals surface area contributed by atoms with Crippen molar-refractivity contribution in [1.29, 1.82) is 0 Å². The lowest BCUT2D eigenvalue weighted by Gasteiger charge is -2.25. The Morgan fingerprint density at radius 2 is 2.12 bits per heavy atom. The molecule has 2 N–H and O–H groups in total. The highest BCUT2D eigenvalue weighted by Gasteiger charge is 2.30. The third-order valence-corrected chi connectivity index (χ3v) is 5.35. The summed E-state index contributed by atoms with van der Waals surface area (Å²) in [6.07, 6.45) is 0.651. The van der Waals surface area contributed by atoms with Gasteiger partial charge in [0.25, 0.3) is 5.91 Å². The molecule has 0 aromatic heterocycles. The Balaban J connectivity index is 1.85. The van der Waals surface area contributed by atoms with Crippen LogP contribution in [0.3, 0.4) is 0 Å². The molecule has 2 amide bonds. The predicted octanol–water partition coefficient (Wildman–Crippen LogP) is 2.99.